The minimum Gasteiger partial charge on any atom is -0.497 e. The van der Waals surface area contributed by atoms with Gasteiger partial charge in [0.25, 0.3) is 11.6 Å². The summed E-state index contributed by atoms with van der Waals surface area (Å²) < 4.78 is 10.5. The summed E-state index contributed by atoms with van der Waals surface area (Å²) in [5.74, 6) is 0.488. The van der Waals surface area contributed by atoms with E-state index in [4.69, 9.17) is 9.47 Å². The lowest BCUT2D eigenvalue weighted by Gasteiger charge is -2.38. The van der Waals surface area contributed by atoms with Crippen molar-refractivity contribution in [1.82, 2.24) is 4.90 Å². The van der Waals surface area contributed by atoms with Gasteiger partial charge in [0, 0.05) is 62.2 Å². The van der Waals surface area contributed by atoms with Gasteiger partial charge in [-0.1, -0.05) is 0 Å². The normalized spacial score (nSPS) is 19.4. The van der Waals surface area contributed by atoms with E-state index in [9.17, 15) is 19.7 Å². The van der Waals surface area contributed by atoms with Crippen LogP contribution in [0, 0.1) is 10.1 Å². The molecule has 2 saturated heterocycles. The average molecular weight is 440 g/mol. The Labute approximate surface area is 185 Å². The lowest BCUT2D eigenvalue weighted by Crippen LogP contribution is -2.52. The molecule has 0 N–H and O–H groups in total. The van der Waals surface area contributed by atoms with Crippen LogP contribution in [0.5, 0.6) is 11.5 Å². The number of non-ortho nitro benzene ring substituents is 1. The summed E-state index contributed by atoms with van der Waals surface area (Å²) in [4.78, 5) is 41.7. The highest BCUT2D eigenvalue weighted by molar-refractivity contribution is 6.22. The van der Waals surface area contributed by atoms with Gasteiger partial charge in [0.05, 0.1) is 37.3 Å². The van der Waals surface area contributed by atoms with Gasteiger partial charge in [-0.3, -0.25) is 24.6 Å². The molecule has 0 radical (unpaired) electrons. The topological polar surface area (TPSA) is 105 Å². The average Bonchev–Trinajstić information content (AvgIpc) is 3.12. The number of nitrogens with zero attached hydrogens (tertiary/aromatic N) is 4. The molecule has 2 aromatic carbocycles. The maximum absolute atomic E-state index is 13.2. The number of hydrogen-bond donors (Lipinski definition) is 0. The van der Waals surface area contributed by atoms with Crippen molar-refractivity contribution in [2.45, 2.75) is 12.5 Å². The van der Waals surface area contributed by atoms with Crippen molar-refractivity contribution in [2.24, 2.45) is 0 Å². The van der Waals surface area contributed by atoms with Crippen LogP contribution < -0.4 is 19.3 Å². The Hall–Kier alpha value is -3.66. The van der Waals surface area contributed by atoms with E-state index < -0.39 is 11.0 Å². The minimum atomic E-state index is -0.515. The summed E-state index contributed by atoms with van der Waals surface area (Å²) in [6.45, 7) is 2.53. The van der Waals surface area contributed by atoms with Gasteiger partial charge < -0.3 is 14.4 Å². The van der Waals surface area contributed by atoms with Crippen LogP contribution in [-0.2, 0) is 9.59 Å². The molecular weight excluding hydrogens is 416 g/mol. The van der Waals surface area contributed by atoms with E-state index >= 15 is 0 Å². The monoisotopic (exact) mass is 440 g/mol. The summed E-state index contributed by atoms with van der Waals surface area (Å²) in [7, 11) is 3.03. The van der Waals surface area contributed by atoms with E-state index in [2.05, 4.69) is 4.90 Å². The van der Waals surface area contributed by atoms with Crippen LogP contribution in [0.3, 0.4) is 0 Å². The number of hydrogen-bond acceptors (Lipinski definition) is 8. The molecule has 2 aliphatic rings. The molecule has 0 aliphatic carbocycles. The quantitative estimate of drug-likeness (QED) is 0.382. The molecule has 0 aromatic heterocycles. The first-order chi connectivity index (χ1) is 15.4. The zero-order chi connectivity index (χ0) is 22.8. The Morgan fingerprint density at radius 3 is 2.03 bits per heavy atom. The predicted octanol–water partition coefficient (Wildman–Crippen LogP) is 2.07. The number of carbonyl (C=O) groups excluding carboxylic acids is 2. The predicted molar refractivity (Wildman–Crippen MR) is 117 cm³/mol. The molecule has 2 aliphatic heterocycles. The van der Waals surface area contributed by atoms with Gasteiger partial charge in [0.15, 0.2) is 0 Å². The van der Waals surface area contributed by atoms with E-state index in [0.29, 0.717) is 43.4 Å². The number of benzene rings is 2. The summed E-state index contributed by atoms with van der Waals surface area (Å²) in [5, 5.41) is 10.8. The number of imide groups is 1. The van der Waals surface area contributed by atoms with Gasteiger partial charge in [-0.2, -0.15) is 0 Å². The molecule has 10 nitrogen and oxygen atoms in total. The second-order valence-electron chi connectivity index (χ2n) is 7.65. The Balaban J connectivity index is 1.44. The van der Waals surface area contributed by atoms with E-state index in [1.165, 1.54) is 31.3 Å². The third-order valence-electron chi connectivity index (χ3n) is 5.90. The number of methoxy groups -OCH3 is 2. The number of nitro benzene ring substituents is 1. The van der Waals surface area contributed by atoms with Gasteiger partial charge >= 0.3 is 0 Å². The maximum Gasteiger partial charge on any atom is 0.269 e. The second kappa shape index (κ2) is 8.83. The molecule has 0 spiro atoms. The lowest BCUT2D eigenvalue weighted by molar-refractivity contribution is -0.384. The van der Waals surface area contributed by atoms with E-state index in [-0.39, 0.29) is 23.9 Å². The zero-order valence-electron chi connectivity index (χ0n) is 17.9. The van der Waals surface area contributed by atoms with Crippen LogP contribution in [0.4, 0.5) is 17.1 Å². The van der Waals surface area contributed by atoms with Gasteiger partial charge in [0.2, 0.25) is 5.91 Å². The van der Waals surface area contributed by atoms with Crippen molar-refractivity contribution in [1.29, 1.82) is 0 Å². The summed E-state index contributed by atoms with van der Waals surface area (Å²) in [5.41, 5.74) is 1.38. The maximum atomic E-state index is 13.2. The first-order valence-electron chi connectivity index (χ1n) is 10.2. The molecule has 4 rings (SSSR count). The Kier molecular flexibility index (Phi) is 5.95. The fourth-order valence-electron chi connectivity index (χ4n) is 4.17. The number of piperazine rings is 1. The first kappa shape index (κ1) is 21.6. The molecule has 32 heavy (non-hydrogen) atoms. The highest BCUT2D eigenvalue weighted by atomic mass is 16.6. The van der Waals surface area contributed by atoms with Crippen LogP contribution in [-0.4, -0.2) is 68.1 Å². The van der Waals surface area contributed by atoms with Gasteiger partial charge in [-0.15, -0.1) is 0 Å². The van der Waals surface area contributed by atoms with Gasteiger partial charge in [-0.25, -0.2) is 4.90 Å². The van der Waals surface area contributed by atoms with E-state index in [1.807, 2.05) is 4.90 Å². The SMILES string of the molecule is COc1cc(OC)cc(N2C(=O)C[C@@H](N3CCN(c4ccc([N+](=O)[O-])cc4)CC3)C2=O)c1. The standard InChI is InChI=1S/C22H24N4O6/c1-31-18-11-17(12-19(13-18)32-2)25-21(27)14-20(22(25)28)24-9-7-23(8-10-24)15-3-5-16(6-4-15)26(29)30/h3-6,11-13,20H,7-10,14H2,1-2H3/t20-/m1/s1. The number of nitro groups is 1. The zero-order valence-corrected chi connectivity index (χ0v) is 17.9. The van der Waals surface area contributed by atoms with Crippen molar-refractivity contribution in [3.63, 3.8) is 0 Å². The van der Waals surface area contributed by atoms with Crippen LogP contribution in [0.2, 0.25) is 0 Å². The smallest absolute Gasteiger partial charge is 0.269 e. The number of anilines is 2. The van der Waals surface area contributed by atoms with Crippen molar-refractivity contribution in [2.75, 3.05) is 50.2 Å². The molecule has 0 bridgehead atoms. The lowest BCUT2D eigenvalue weighted by atomic mass is 10.1. The van der Waals surface area contributed by atoms with Crippen LogP contribution >= 0.6 is 0 Å². The minimum absolute atomic E-state index is 0.0525. The number of amides is 2. The number of carbonyl (C=O) groups is 2. The summed E-state index contributed by atoms with van der Waals surface area (Å²) >= 11 is 0. The van der Waals surface area contributed by atoms with Crippen molar-refractivity contribution >= 4 is 28.9 Å². The van der Waals surface area contributed by atoms with E-state index in [0.717, 1.165) is 5.69 Å². The summed E-state index contributed by atoms with van der Waals surface area (Å²) in [6, 6.07) is 10.9. The van der Waals surface area contributed by atoms with Crippen LogP contribution in [0.15, 0.2) is 42.5 Å². The first-order valence-corrected chi connectivity index (χ1v) is 10.2. The van der Waals surface area contributed by atoms with Crippen molar-refractivity contribution < 1.29 is 24.0 Å². The molecule has 168 valence electrons. The Morgan fingerprint density at radius 2 is 1.50 bits per heavy atom. The molecule has 2 heterocycles. The Bertz CT molecular complexity index is 1010. The molecule has 1 atom stereocenters. The van der Waals surface area contributed by atoms with Crippen molar-refractivity contribution in [3.8, 4) is 11.5 Å². The molecule has 0 saturated carbocycles. The molecule has 2 fully saturated rings. The fraction of sp³-hybridized carbons (Fsp3) is 0.364. The molecular formula is C22H24N4O6. The molecule has 2 amide bonds. The third-order valence-corrected chi connectivity index (χ3v) is 5.90. The van der Waals surface area contributed by atoms with Gasteiger partial charge in [-0.05, 0) is 12.1 Å². The van der Waals surface area contributed by atoms with Gasteiger partial charge in [0.1, 0.15) is 11.5 Å². The van der Waals surface area contributed by atoms with Crippen LogP contribution in [0.1, 0.15) is 6.42 Å². The number of rotatable bonds is 6. The van der Waals surface area contributed by atoms with Crippen LogP contribution in [0.25, 0.3) is 0 Å². The van der Waals surface area contributed by atoms with E-state index in [1.54, 1.807) is 30.3 Å². The highest BCUT2D eigenvalue weighted by Crippen LogP contribution is 2.33. The summed E-state index contributed by atoms with van der Waals surface area (Å²) in [6.07, 6.45) is 0.121. The van der Waals surface area contributed by atoms with Crippen molar-refractivity contribution in [3.05, 3.63) is 52.6 Å². The second-order valence-corrected chi connectivity index (χ2v) is 7.65. The largest absolute Gasteiger partial charge is 0.497 e. The Morgan fingerprint density at radius 1 is 0.906 bits per heavy atom. The number of ether oxygens (including phenoxy) is 2. The third kappa shape index (κ3) is 4.09. The molecule has 10 heteroatoms. The highest BCUT2D eigenvalue weighted by Gasteiger charge is 2.43. The molecule has 2 aromatic rings. The molecule has 0 unspecified atom stereocenters. The fourth-order valence-corrected chi connectivity index (χ4v) is 4.17.